The summed E-state index contributed by atoms with van der Waals surface area (Å²) < 4.78 is 5.12. The Morgan fingerprint density at radius 1 is 1.18 bits per heavy atom. The summed E-state index contributed by atoms with van der Waals surface area (Å²) in [4.78, 5) is 0. The zero-order chi connectivity index (χ0) is 16.1. The second kappa shape index (κ2) is 7.70. The van der Waals surface area contributed by atoms with E-state index in [1.165, 1.54) is 0 Å². The van der Waals surface area contributed by atoms with E-state index in [9.17, 15) is 10.2 Å². The van der Waals surface area contributed by atoms with E-state index in [1.54, 1.807) is 43.5 Å². The maximum Gasteiger partial charge on any atom is 0.120 e. The zero-order valence-electron chi connectivity index (χ0n) is 12.0. The molecule has 0 heterocycles. The summed E-state index contributed by atoms with van der Waals surface area (Å²) in [7, 11) is 1.57. The molecule has 2 rings (SSSR count). The van der Waals surface area contributed by atoms with Gasteiger partial charge in [-0.05, 0) is 30.3 Å². The first-order chi connectivity index (χ1) is 10.5. The SMILES string of the molecule is COc1ccc(O)c(CNCC(O)c2ccc(Cl)cc2Cl)c1. The van der Waals surface area contributed by atoms with Crippen LogP contribution in [0.2, 0.25) is 10.0 Å². The fourth-order valence-electron chi connectivity index (χ4n) is 2.06. The molecular weight excluding hydrogens is 325 g/mol. The van der Waals surface area contributed by atoms with Gasteiger partial charge in [0.2, 0.25) is 0 Å². The third-order valence-corrected chi connectivity index (χ3v) is 3.82. The van der Waals surface area contributed by atoms with Crippen LogP contribution in [-0.2, 0) is 6.54 Å². The molecule has 0 saturated carbocycles. The van der Waals surface area contributed by atoms with E-state index in [-0.39, 0.29) is 12.3 Å². The van der Waals surface area contributed by atoms with Crippen LogP contribution in [0.5, 0.6) is 11.5 Å². The molecule has 22 heavy (non-hydrogen) atoms. The monoisotopic (exact) mass is 341 g/mol. The summed E-state index contributed by atoms with van der Waals surface area (Å²) in [6, 6.07) is 9.96. The van der Waals surface area contributed by atoms with E-state index in [2.05, 4.69) is 5.32 Å². The van der Waals surface area contributed by atoms with Crippen LogP contribution < -0.4 is 10.1 Å². The lowest BCUT2D eigenvalue weighted by atomic mass is 10.1. The average molecular weight is 342 g/mol. The van der Waals surface area contributed by atoms with Crippen LogP contribution in [0.3, 0.4) is 0 Å². The Bertz CT molecular complexity index is 649. The second-order valence-corrected chi connectivity index (χ2v) is 5.65. The lowest BCUT2D eigenvalue weighted by molar-refractivity contribution is 0.174. The number of rotatable bonds is 6. The molecule has 6 heteroatoms. The maximum absolute atomic E-state index is 10.2. The Morgan fingerprint density at radius 2 is 1.95 bits per heavy atom. The standard InChI is InChI=1S/C16H17Cl2NO3/c1-22-12-3-5-15(20)10(6-12)8-19-9-16(21)13-4-2-11(17)7-14(13)18/h2-7,16,19-21H,8-9H2,1H3. The van der Waals surface area contributed by atoms with Crippen molar-refractivity contribution >= 4 is 23.2 Å². The van der Waals surface area contributed by atoms with Gasteiger partial charge >= 0.3 is 0 Å². The molecule has 0 spiro atoms. The summed E-state index contributed by atoms with van der Waals surface area (Å²) in [5.41, 5.74) is 1.29. The number of phenols is 1. The number of halogens is 2. The molecule has 0 bridgehead atoms. The van der Waals surface area contributed by atoms with Crippen molar-refractivity contribution in [2.24, 2.45) is 0 Å². The van der Waals surface area contributed by atoms with Crippen molar-refractivity contribution in [1.29, 1.82) is 0 Å². The summed E-state index contributed by atoms with van der Waals surface area (Å²) in [6.07, 6.45) is -0.766. The average Bonchev–Trinajstić information content (AvgIpc) is 2.49. The summed E-state index contributed by atoms with van der Waals surface area (Å²) >= 11 is 11.9. The van der Waals surface area contributed by atoms with Crippen LogP contribution in [0.4, 0.5) is 0 Å². The van der Waals surface area contributed by atoms with Gasteiger partial charge in [-0.15, -0.1) is 0 Å². The Hall–Kier alpha value is -1.46. The van der Waals surface area contributed by atoms with Crippen molar-refractivity contribution in [2.45, 2.75) is 12.6 Å². The Labute approximate surface area is 139 Å². The summed E-state index contributed by atoms with van der Waals surface area (Å²) in [5.74, 6) is 0.836. The summed E-state index contributed by atoms with van der Waals surface area (Å²) in [5, 5.41) is 24.0. The molecule has 4 nitrogen and oxygen atoms in total. The number of benzene rings is 2. The van der Waals surface area contributed by atoms with Crippen molar-refractivity contribution in [3.8, 4) is 11.5 Å². The molecule has 2 aromatic rings. The number of hydrogen-bond donors (Lipinski definition) is 3. The lowest BCUT2D eigenvalue weighted by Crippen LogP contribution is -2.21. The van der Waals surface area contributed by atoms with Gasteiger partial charge in [0.25, 0.3) is 0 Å². The van der Waals surface area contributed by atoms with Crippen LogP contribution in [0.25, 0.3) is 0 Å². The van der Waals surface area contributed by atoms with Gasteiger partial charge in [0, 0.05) is 34.3 Å². The van der Waals surface area contributed by atoms with Gasteiger partial charge < -0.3 is 20.3 Å². The fraction of sp³-hybridized carbons (Fsp3) is 0.250. The highest BCUT2D eigenvalue weighted by molar-refractivity contribution is 6.35. The van der Waals surface area contributed by atoms with E-state index in [0.29, 0.717) is 33.5 Å². The van der Waals surface area contributed by atoms with Crippen LogP contribution in [0, 0.1) is 0 Å². The molecule has 1 atom stereocenters. The van der Waals surface area contributed by atoms with Gasteiger partial charge in [-0.3, -0.25) is 0 Å². The number of methoxy groups -OCH3 is 1. The number of ether oxygens (including phenoxy) is 1. The van der Waals surface area contributed by atoms with E-state index < -0.39 is 6.10 Å². The minimum Gasteiger partial charge on any atom is -0.508 e. The van der Waals surface area contributed by atoms with Gasteiger partial charge in [-0.1, -0.05) is 29.3 Å². The zero-order valence-corrected chi connectivity index (χ0v) is 13.5. The molecule has 0 aliphatic heterocycles. The minimum atomic E-state index is -0.766. The van der Waals surface area contributed by atoms with Crippen molar-refractivity contribution in [2.75, 3.05) is 13.7 Å². The van der Waals surface area contributed by atoms with Gasteiger partial charge in [-0.2, -0.15) is 0 Å². The van der Waals surface area contributed by atoms with Gasteiger partial charge in [-0.25, -0.2) is 0 Å². The van der Waals surface area contributed by atoms with Crippen molar-refractivity contribution < 1.29 is 14.9 Å². The highest BCUT2D eigenvalue weighted by Gasteiger charge is 2.12. The van der Waals surface area contributed by atoms with E-state index in [1.807, 2.05) is 0 Å². The normalized spacial score (nSPS) is 12.2. The van der Waals surface area contributed by atoms with Crippen molar-refractivity contribution in [3.63, 3.8) is 0 Å². The molecule has 0 aromatic heterocycles. The predicted octanol–water partition coefficient (Wildman–Crippen LogP) is 3.53. The van der Waals surface area contributed by atoms with E-state index in [0.717, 1.165) is 0 Å². The van der Waals surface area contributed by atoms with Crippen LogP contribution in [-0.4, -0.2) is 23.9 Å². The maximum atomic E-state index is 10.2. The molecule has 0 fully saturated rings. The highest BCUT2D eigenvalue weighted by atomic mass is 35.5. The Morgan fingerprint density at radius 3 is 2.64 bits per heavy atom. The van der Waals surface area contributed by atoms with E-state index >= 15 is 0 Å². The number of phenolic OH excluding ortho intramolecular Hbond substituents is 1. The third kappa shape index (κ3) is 4.27. The molecule has 0 radical (unpaired) electrons. The Balaban J connectivity index is 1.96. The van der Waals surface area contributed by atoms with Crippen molar-refractivity contribution in [1.82, 2.24) is 5.32 Å². The third-order valence-electron chi connectivity index (χ3n) is 3.26. The van der Waals surface area contributed by atoms with Gasteiger partial charge in [0.15, 0.2) is 0 Å². The number of nitrogens with one attached hydrogen (secondary N) is 1. The number of aliphatic hydroxyl groups is 1. The first-order valence-electron chi connectivity index (χ1n) is 6.71. The van der Waals surface area contributed by atoms with Crippen LogP contribution >= 0.6 is 23.2 Å². The second-order valence-electron chi connectivity index (χ2n) is 4.81. The molecular formula is C16H17Cl2NO3. The smallest absolute Gasteiger partial charge is 0.120 e. The molecule has 118 valence electrons. The highest BCUT2D eigenvalue weighted by Crippen LogP contribution is 2.26. The molecule has 0 aliphatic rings. The molecule has 0 saturated heterocycles. The molecule has 0 aliphatic carbocycles. The topological polar surface area (TPSA) is 61.7 Å². The quantitative estimate of drug-likeness (QED) is 0.752. The molecule has 3 N–H and O–H groups in total. The Kier molecular flexibility index (Phi) is 5.91. The predicted molar refractivity (Wildman–Crippen MR) is 87.8 cm³/mol. The van der Waals surface area contributed by atoms with E-state index in [4.69, 9.17) is 27.9 Å². The van der Waals surface area contributed by atoms with Crippen LogP contribution in [0.15, 0.2) is 36.4 Å². The first-order valence-corrected chi connectivity index (χ1v) is 7.46. The number of aromatic hydroxyl groups is 1. The number of aliphatic hydroxyl groups excluding tert-OH is 1. The lowest BCUT2D eigenvalue weighted by Gasteiger charge is -2.14. The molecule has 2 aromatic carbocycles. The number of hydrogen-bond acceptors (Lipinski definition) is 4. The fourth-order valence-corrected chi connectivity index (χ4v) is 2.59. The molecule has 0 amide bonds. The van der Waals surface area contributed by atoms with Gasteiger partial charge in [0.05, 0.1) is 13.2 Å². The molecule has 1 unspecified atom stereocenters. The van der Waals surface area contributed by atoms with Gasteiger partial charge in [0.1, 0.15) is 11.5 Å². The first kappa shape index (κ1) is 16.9. The van der Waals surface area contributed by atoms with Crippen molar-refractivity contribution in [3.05, 3.63) is 57.6 Å². The minimum absolute atomic E-state index is 0.173. The summed E-state index contributed by atoms with van der Waals surface area (Å²) in [6.45, 7) is 0.684. The largest absolute Gasteiger partial charge is 0.508 e. The van der Waals surface area contributed by atoms with Crippen LogP contribution in [0.1, 0.15) is 17.2 Å².